The van der Waals surface area contributed by atoms with E-state index < -0.39 is 0 Å². The Labute approximate surface area is 202 Å². The molecule has 0 bridgehead atoms. The van der Waals surface area contributed by atoms with Crippen molar-refractivity contribution < 1.29 is 9.53 Å². The average Bonchev–Trinajstić information content (AvgIpc) is 3.22. The van der Waals surface area contributed by atoms with Crippen LogP contribution in [0.3, 0.4) is 0 Å². The van der Waals surface area contributed by atoms with Gasteiger partial charge in [-0.25, -0.2) is 4.98 Å². The van der Waals surface area contributed by atoms with E-state index in [9.17, 15) is 4.79 Å². The van der Waals surface area contributed by atoms with Gasteiger partial charge in [-0.15, -0.1) is 24.2 Å². The Morgan fingerprint density at radius 2 is 2.00 bits per heavy atom. The molecular formula is C22H25Cl2N3O2S2. The molecule has 1 aliphatic heterocycles. The zero-order valence-corrected chi connectivity index (χ0v) is 20.5. The predicted molar refractivity (Wildman–Crippen MR) is 134 cm³/mol. The topological polar surface area (TPSA) is 45.7 Å². The summed E-state index contributed by atoms with van der Waals surface area (Å²) in [6.45, 7) is 4.99. The smallest absolute Gasteiger partial charge is 0.261 e. The van der Waals surface area contributed by atoms with Crippen LogP contribution in [-0.4, -0.2) is 61.4 Å². The number of carbonyl (C=O) groups excluding carboxylic acids is 1. The number of hydrogen-bond donors (Lipinski definition) is 0. The summed E-state index contributed by atoms with van der Waals surface area (Å²) in [5.74, 6) is -0.0166. The van der Waals surface area contributed by atoms with Crippen LogP contribution in [0.15, 0.2) is 47.4 Å². The van der Waals surface area contributed by atoms with Crippen LogP contribution < -0.4 is 4.90 Å². The predicted octanol–water partition coefficient (Wildman–Crippen LogP) is 5.46. The molecule has 166 valence electrons. The van der Waals surface area contributed by atoms with E-state index in [4.69, 9.17) is 21.3 Å². The molecule has 5 nitrogen and oxygen atoms in total. The Kier molecular flexibility index (Phi) is 9.01. The van der Waals surface area contributed by atoms with Crippen LogP contribution >= 0.6 is 47.1 Å². The number of anilines is 1. The van der Waals surface area contributed by atoms with Crippen LogP contribution in [-0.2, 0) is 4.74 Å². The maximum Gasteiger partial charge on any atom is 0.261 e. The van der Waals surface area contributed by atoms with E-state index in [0.717, 1.165) is 54.4 Å². The number of rotatable bonds is 7. The molecule has 1 fully saturated rings. The molecule has 1 amide bonds. The lowest BCUT2D eigenvalue weighted by atomic mass is 10.2. The Bertz CT molecular complexity index is 1020. The standard InChI is InChI=1S/C22H24ClN3O2S2.ClH/c1-29-18-8-3-2-6-16(18)21(27)26(11-5-10-25-12-14-28-15-13-25)22-24-20-17(23)7-4-9-19(20)30-22;/h2-4,6-9H,5,10-15H2,1H3;1H. The second-order valence-corrected chi connectivity index (χ2v) is 9.31. The maximum atomic E-state index is 13.6. The van der Waals surface area contributed by atoms with E-state index in [1.165, 1.54) is 11.3 Å². The van der Waals surface area contributed by atoms with Gasteiger partial charge in [0.2, 0.25) is 0 Å². The van der Waals surface area contributed by atoms with Crippen molar-refractivity contribution in [3.8, 4) is 0 Å². The highest BCUT2D eigenvalue weighted by Crippen LogP contribution is 2.34. The molecule has 0 atom stereocenters. The van der Waals surface area contributed by atoms with Gasteiger partial charge in [0.15, 0.2) is 5.13 Å². The quantitative estimate of drug-likeness (QED) is 0.405. The molecule has 9 heteroatoms. The molecule has 0 spiro atoms. The number of nitrogens with zero attached hydrogens (tertiary/aromatic N) is 3. The number of amides is 1. The van der Waals surface area contributed by atoms with Crippen LogP contribution in [0, 0.1) is 0 Å². The lowest BCUT2D eigenvalue weighted by Gasteiger charge is -2.28. The van der Waals surface area contributed by atoms with Crippen molar-refractivity contribution in [2.24, 2.45) is 0 Å². The second-order valence-electron chi connectivity index (χ2n) is 7.05. The van der Waals surface area contributed by atoms with Crippen LogP contribution in [0.4, 0.5) is 5.13 Å². The number of thioether (sulfide) groups is 1. The summed E-state index contributed by atoms with van der Waals surface area (Å²) in [6.07, 6.45) is 2.86. The molecule has 31 heavy (non-hydrogen) atoms. The number of aromatic nitrogens is 1. The van der Waals surface area contributed by atoms with Gasteiger partial charge in [-0.2, -0.15) is 0 Å². The number of hydrogen-bond acceptors (Lipinski definition) is 6. The summed E-state index contributed by atoms with van der Waals surface area (Å²) in [6, 6.07) is 13.5. The first-order chi connectivity index (χ1) is 14.7. The van der Waals surface area contributed by atoms with Crippen LogP contribution in [0.25, 0.3) is 10.2 Å². The van der Waals surface area contributed by atoms with Gasteiger partial charge in [-0.05, 0) is 36.9 Å². The molecule has 0 aliphatic carbocycles. The number of ether oxygens (including phenoxy) is 1. The Morgan fingerprint density at radius 1 is 1.23 bits per heavy atom. The average molecular weight is 499 g/mol. The van der Waals surface area contributed by atoms with Gasteiger partial charge < -0.3 is 4.74 Å². The van der Waals surface area contributed by atoms with Gasteiger partial charge in [0.05, 0.1) is 28.5 Å². The summed E-state index contributed by atoms with van der Waals surface area (Å²) in [4.78, 5) is 23.5. The van der Waals surface area contributed by atoms with Crippen LogP contribution in [0.2, 0.25) is 5.02 Å². The number of carbonyl (C=O) groups is 1. The summed E-state index contributed by atoms with van der Waals surface area (Å²) in [5.41, 5.74) is 1.46. The van der Waals surface area contributed by atoms with Crippen molar-refractivity contribution >= 4 is 68.4 Å². The van der Waals surface area contributed by atoms with Gasteiger partial charge in [0, 0.05) is 31.1 Å². The molecule has 3 aromatic rings. The number of morpholine rings is 1. The van der Waals surface area contributed by atoms with Crippen molar-refractivity contribution in [3.63, 3.8) is 0 Å². The fourth-order valence-corrected chi connectivity index (χ4v) is 5.43. The molecule has 0 N–H and O–H groups in total. The minimum absolute atomic E-state index is 0. The Morgan fingerprint density at radius 3 is 2.74 bits per heavy atom. The number of halogens is 2. The first-order valence-corrected chi connectivity index (χ1v) is 12.4. The van der Waals surface area contributed by atoms with Gasteiger partial charge in [-0.1, -0.05) is 41.1 Å². The van der Waals surface area contributed by atoms with Crippen LogP contribution in [0.5, 0.6) is 0 Å². The number of fused-ring (bicyclic) bond motifs is 1. The fraction of sp³-hybridized carbons (Fsp3) is 0.364. The maximum absolute atomic E-state index is 13.6. The normalized spacial score (nSPS) is 14.4. The van der Waals surface area contributed by atoms with E-state index in [2.05, 4.69) is 4.90 Å². The summed E-state index contributed by atoms with van der Waals surface area (Å²) in [7, 11) is 0. The molecule has 0 radical (unpaired) electrons. The van der Waals surface area contributed by atoms with E-state index >= 15 is 0 Å². The molecule has 0 unspecified atom stereocenters. The molecular weight excluding hydrogens is 473 g/mol. The van der Waals surface area contributed by atoms with Gasteiger partial charge in [0.25, 0.3) is 5.91 Å². The third-order valence-corrected chi connectivity index (χ3v) is 7.28. The van der Waals surface area contributed by atoms with Gasteiger partial charge >= 0.3 is 0 Å². The van der Waals surface area contributed by atoms with E-state index in [1.807, 2.05) is 53.6 Å². The third kappa shape index (κ3) is 5.72. The third-order valence-electron chi connectivity index (χ3n) is 5.13. The van der Waals surface area contributed by atoms with Crippen molar-refractivity contribution in [1.29, 1.82) is 0 Å². The Balaban J connectivity index is 0.00000272. The van der Waals surface area contributed by atoms with Crippen LogP contribution in [0.1, 0.15) is 16.8 Å². The Hall–Kier alpha value is -1.35. The van der Waals surface area contributed by atoms with Crippen molar-refractivity contribution in [2.45, 2.75) is 11.3 Å². The summed E-state index contributed by atoms with van der Waals surface area (Å²) < 4.78 is 6.42. The molecule has 2 aromatic carbocycles. The molecule has 1 saturated heterocycles. The number of benzene rings is 2. The van der Waals surface area contributed by atoms with E-state index in [1.54, 1.807) is 11.8 Å². The SMILES string of the molecule is CSc1ccccc1C(=O)N(CCCN1CCOCC1)c1nc2c(Cl)cccc2s1.Cl. The molecule has 1 aliphatic rings. The molecule has 1 aromatic heterocycles. The minimum Gasteiger partial charge on any atom is -0.379 e. The molecule has 4 rings (SSSR count). The lowest BCUT2D eigenvalue weighted by molar-refractivity contribution is 0.0376. The van der Waals surface area contributed by atoms with E-state index in [0.29, 0.717) is 22.3 Å². The fourth-order valence-electron chi connectivity index (χ4n) is 3.55. The highest BCUT2D eigenvalue weighted by atomic mass is 35.5. The van der Waals surface area contributed by atoms with Crippen molar-refractivity contribution in [3.05, 3.63) is 53.1 Å². The van der Waals surface area contributed by atoms with Gasteiger partial charge in [-0.3, -0.25) is 14.6 Å². The second kappa shape index (κ2) is 11.5. The zero-order chi connectivity index (χ0) is 20.9. The highest BCUT2D eigenvalue weighted by Gasteiger charge is 2.24. The number of para-hydroxylation sites is 1. The minimum atomic E-state index is -0.0166. The molecule has 2 heterocycles. The van der Waals surface area contributed by atoms with Crippen molar-refractivity contribution in [2.75, 3.05) is 50.5 Å². The largest absolute Gasteiger partial charge is 0.379 e. The zero-order valence-electron chi connectivity index (χ0n) is 17.3. The van der Waals surface area contributed by atoms with Gasteiger partial charge in [0.1, 0.15) is 5.52 Å². The molecule has 0 saturated carbocycles. The highest BCUT2D eigenvalue weighted by molar-refractivity contribution is 7.98. The number of thiazole rings is 1. The monoisotopic (exact) mass is 497 g/mol. The summed E-state index contributed by atoms with van der Waals surface area (Å²) in [5, 5.41) is 1.31. The van der Waals surface area contributed by atoms with Crippen molar-refractivity contribution in [1.82, 2.24) is 9.88 Å². The lowest BCUT2D eigenvalue weighted by Crippen LogP contribution is -2.39. The first-order valence-electron chi connectivity index (χ1n) is 9.97. The first kappa shape index (κ1) is 24.3. The van der Waals surface area contributed by atoms with E-state index in [-0.39, 0.29) is 18.3 Å². The summed E-state index contributed by atoms with van der Waals surface area (Å²) >= 11 is 9.44.